The molecule has 118 valence electrons. The Labute approximate surface area is 131 Å². The van der Waals surface area contributed by atoms with Gasteiger partial charge in [0.05, 0.1) is 7.11 Å². The van der Waals surface area contributed by atoms with Crippen molar-refractivity contribution in [3.05, 3.63) is 41.5 Å². The molecule has 5 heteroatoms. The minimum absolute atomic E-state index is 0.640. The van der Waals surface area contributed by atoms with E-state index in [0.717, 1.165) is 42.5 Å². The summed E-state index contributed by atoms with van der Waals surface area (Å²) in [6.07, 6.45) is 3.95. The third-order valence-electron chi connectivity index (χ3n) is 4.35. The van der Waals surface area contributed by atoms with Crippen LogP contribution in [0.15, 0.2) is 28.8 Å². The standard InChI is InChI=1S/C17H23N3O2/c1-20-9-7-13(8-10-20)11-17-18-16(19-22-17)12-14-5-3-4-6-15(14)21-2/h3-6,13H,7-12H2,1-2H3. The maximum absolute atomic E-state index is 5.42. The number of hydrogen-bond donors (Lipinski definition) is 0. The molecule has 0 amide bonds. The summed E-state index contributed by atoms with van der Waals surface area (Å²) in [7, 11) is 3.86. The fourth-order valence-electron chi connectivity index (χ4n) is 2.98. The second kappa shape index (κ2) is 6.92. The molecule has 22 heavy (non-hydrogen) atoms. The van der Waals surface area contributed by atoms with Gasteiger partial charge in [0.25, 0.3) is 0 Å². The fraction of sp³-hybridized carbons (Fsp3) is 0.529. The van der Waals surface area contributed by atoms with Crippen LogP contribution in [0.2, 0.25) is 0 Å². The quantitative estimate of drug-likeness (QED) is 0.849. The molecule has 2 heterocycles. The first-order valence-electron chi connectivity index (χ1n) is 7.86. The first kappa shape index (κ1) is 15.0. The monoisotopic (exact) mass is 301 g/mol. The predicted octanol–water partition coefficient (Wildman–Crippen LogP) is 2.55. The first-order chi connectivity index (χ1) is 10.7. The largest absolute Gasteiger partial charge is 0.496 e. The van der Waals surface area contributed by atoms with Gasteiger partial charge in [0, 0.05) is 18.4 Å². The second-order valence-electron chi connectivity index (χ2n) is 6.04. The number of hydrogen-bond acceptors (Lipinski definition) is 5. The number of likely N-dealkylation sites (tertiary alicyclic amines) is 1. The maximum Gasteiger partial charge on any atom is 0.226 e. The lowest BCUT2D eigenvalue weighted by molar-refractivity contribution is 0.208. The summed E-state index contributed by atoms with van der Waals surface area (Å²) < 4.78 is 10.8. The number of methoxy groups -OCH3 is 1. The molecule has 1 aromatic heterocycles. The molecule has 3 rings (SSSR count). The molecule has 0 saturated carbocycles. The van der Waals surface area contributed by atoms with Gasteiger partial charge in [-0.3, -0.25) is 0 Å². The van der Waals surface area contributed by atoms with E-state index >= 15 is 0 Å². The van der Waals surface area contributed by atoms with Crippen molar-refractivity contribution in [2.24, 2.45) is 5.92 Å². The van der Waals surface area contributed by atoms with Gasteiger partial charge < -0.3 is 14.2 Å². The third kappa shape index (κ3) is 3.65. The zero-order valence-electron chi connectivity index (χ0n) is 13.3. The van der Waals surface area contributed by atoms with Crippen LogP contribution >= 0.6 is 0 Å². The number of rotatable bonds is 5. The third-order valence-corrected chi connectivity index (χ3v) is 4.35. The highest BCUT2D eigenvalue weighted by atomic mass is 16.5. The minimum Gasteiger partial charge on any atom is -0.496 e. The van der Waals surface area contributed by atoms with Crippen LogP contribution in [0.1, 0.15) is 30.1 Å². The van der Waals surface area contributed by atoms with E-state index in [1.54, 1.807) is 7.11 Å². The second-order valence-corrected chi connectivity index (χ2v) is 6.04. The van der Waals surface area contributed by atoms with E-state index in [9.17, 15) is 0 Å². The topological polar surface area (TPSA) is 51.4 Å². The van der Waals surface area contributed by atoms with Crippen LogP contribution in [-0.4, -0.2) is 42.3 Å². The Hall–Kier alpha value is -1.88. The van der Waals surface area contributed by atoms with Gasteiger partial charge in [-0.1, -0.05) is 23.4 Å². The van der Waals surface area contributed by atoms with Crippen molar-refractivity contribution >= 4 is 0 Å². The molecular weight excluding hydrogens is 278 g/mol. The van der Waals surface area contributed by atoms with E-state index in [4.69, 9.17) is 9.26 Å². The molecule has 0 atom stereocenters. The molecule has 5 nitrogen and oxygen atoms in total. The van der Waals surface area contributed by atoms with Gasteiger partial charge in [0.2, 0.25) is 5.89 Å². The lowest BCUT2D eigenvalue weighted by Crippen LogP contribution is -2.30. The number of aromatic nitrogens is 2. The van der Waals surface area contributed by atoms with Crippen LogP contribution in [0.25, 0.3) is 0 Å². The molecule has 0 spiro atoms. The van der Waals surface area contributed by atoms with Gasteiger partial charge in [-0.25, -0.2) is 0 Å². The van der Waals surface area contributed by atoms with Crippen molar-refractivity contribution < 1.29 is 9.26 Å². The highest BCUT2D eigenvalue weighted by Crippen LogP contribution is 2.22. The summed E-state index contributed by atoms with van der Waals surface area (Å²) in [4.78, 5) is 6.92. The first-order valence-corrected chi connectivity index (χ1v) is 7.86. The molecule has 0 N–H and O–H groups in total. The van der Waals surface area contributed by atoms with E-state index in [2.05, 4.69) is 22.1 Å². The van der Waals surface area contributed by atoms with Crippen molar-refractivity contribution in [2.45, 2.75) is 25.7 Å². The van der Waals surface area contributed by atoms with Gasteiger partial charge in [0.1, 0.15) is 5.75 Å². The van der Waals surface area contributed by atoms with Crippen LogP contribution in [0, 0.1) is 5.92 Å². The Balaban J connectivity index is 1.61. The molecule has 1 saturated heterocycles. The predicted molar refractivity (Wildman–Crippen MR) is 84.0 cm³/mol. The molecule has 2 aromatic rings. The molecule has 0 unspecified atom stereocenters. The Morgan fingerprint density at radius 3 is 2.82 bits per heavy atom. The van der Waals surface area contributed by atoms with Crippen molar-refractivity contribution in [3.63, 3.8) is 0 Å². The molecule has 0 radical (unpaired) electrons. The van der Waals surface area contributed by atoms with E-state index in [1.165, 1.54) is 12.8 Å². The summed E-state index contributed by atoms with van der Waals surface area (Å²) in [6.45, 7) is 2.32. The molecule has 1 aliphatic heterocycles. The van der Waals surface area contributed by atoms with Gasteiger partial charge in [-0.15, -0.1) is 0 Å². The van der Waals surface area contributed by atoms with Crippen molar-refractivity contribution in [3.8, 4) is 5.75 Å². The highest BCUT2D eigenvalue weighted by Gasteiger charge is 2.20. The average molecular weight is 301 g/mol. The van der Waals surface area contributed by atoms with Crippen LogP contribution in [0.4, 0.5) is 0 Å². The zero-order valence-corrected chi connectivity index (χ0v) is 13.3. The summed E-state index contributed by atoms with van der Waals surface area (Å²) in [6, 6.07) is 7.95. The number of benzene rings is 1. The number of piperidine rings is 1. The molecule has 0 bridgehead atoms. The van der Waals surface area contributed by atoms with E-state index in [1.807, 2.05) is 24.3 Å². The lowest BCUT2D eigenvalue weighted by atomic mass is 9.94. The Morgan fingerprint density at radius 1 is 1.27 bits per heavy atom. The normalized spacial score (nSPS) is 16.8. The zero-order chi connectivity index (χ0) is 15.4. The Morgan fingerprint density at radius 2 is 2.05 bits per heavy atom. The summed E-state index contributed by atoms with van der Waals surface area (Å²) in [5, 5.41) is 4.12. The average Bonchev–Trinajstić information content (AvgIpc) is 2.97. The fourth-order valence-corrected chi connectivity index (χ4v) is 2.98. The SMILES string of the molecule is COc1ccccc1Cc1noc(CC2CCN(C)CC2)n1. The maximum atomic E-state index is 5.42. The van der Waals surface area contributed by atoms with Gasteiger partial charge >= 0.3 is 0 Å². The summed E-state index contributed by atoms with van der Waals surface area (Å²) in [5.41, 5.74) is 1.08. The molecule has 0 aliphatic carbocycles. The van der Waals surface area contributed by atoms with Gasteiger partial charge in [0.15, 0.2) is 5.82 Å². The molecular formula is C17H23N3O2. The highest BCUT2D eigenvalue weighted by molar-refractivity contribution is 5.35. The van der Waals surface area contributed by atoms with Gasteiger partial charge in [-0.05, 0) is 45.0 Å². The van der Waals surface area contributed by atoms with Crippen LogP contribution < -0.4 is 4.74 Å². The van der Waals surface area contributed by atoms with E-state index in [0.29, 0.717) is 12.3 Å². The van der Waals surface area contributed by atoms with E-state index < -0.39 is 0 Å². The van der Waals surface area contributed by atoms with Crippen LogP contribution in [-0.2, 0) is 12.8 Å². The van der Waals surface area contributed by atoms with Crippen molar-refractivity contribution in [1.82, 2.24) is 15.0 Å². The number of para-hydroxylation sites is 1. The van der Waals surface area contributed by atoms with Gasteiger partial charge in [-0.2, -0.15) is 4.98 Å². The summed E-state index contributed by atoms with van der Waals surface area (Å²) >= 11 is 0. The Bertz CT molecular complexity index is 603. The van der Waals surface area contributed by atoms with Crippen LogP contribution in [0.3, 0.4) is 0 Å². The smallest absolute Gasteiger partial charge is 0.226 e. The van der Waals surface area contributed by atoms with Crippen LogP contribution in [0.5, 0.6) is 5.75 Å². The number of ether oxygens (including phenoxy) is 1. The van der Waals surface area contributed by atoms with Crippen molar-refractivity contribution in [1.29, 1.82) is 0 Å². The summed E-state index contributed by atoms with van der Waals surface area (Å²) in [5.74, 6) is 3.02. The minimum atomic E-state index is 0.640. The van der Waals surface area contributed by atoms with Crippen molar-refractivity contribution in [2.75, 3.05) is 27.2 Å². The molecule has 1 aliphatic rings. The number of nitrogens with zero attached hydrogens (tertiary/aromatic N) is 3. The molecule has 1 aromatic carbocycles. The molecule has 1 fully saturated rings. The lowest BCUT2D eigenvalue weighted by Gasteiger charge is -2.27. The Kier molecular flexibility index (Phi) is 4.73. The van der Waals surface area contributed by atoms with E-state index in [-0.39, 0.29) is 0 Å².